The summed E-state index contributed by atoms with van der Waals surface area (Å²) in [5.41, 5.74) is 6.82. The fourth-order valence-electron chi connectivity index (χ4n) is 2.68. The molecule has 0 atom stereocenters. The number of nitrogens with zero attached hydrogens (tertiary/aromatic N) is 4. The molecule has 3 N–H and O–H groups in total. The molecule has 1 heterocycles. The monoisotopic (exact) mass is 258 g/mol. The summed E-state index contributed by atoms with van der Waals surface area (Å²) >= 11 is 0. The molecular weight excluding hydrogens is 240 g/mol. The lowest BCUT2D eigenvalue weighted by molar-refractivity contribution is 0.487. The normalized spacial score (nSPS) is 17.5. The van der Waals surface area contributed by atoms with Crippen LogP contribution in [0.5, 0.6) is 0 Å². The van der Waals surface area contributed by atoms with Gasteiger partial charge in [-0.1, -0.05) is 36.1 Å². The van der Waals surface area contributed by atoms with E-state index in [9.17, 15) is 0 Å². The number of nitrogens with one attached hydrogen (secondary N) is 1. The van der Waals surface area contributed by atoms with Crippen LogP contribution in [0.25, 0.3) is 5.69 Å². The van der Waals surface area contributed by atoms with Crippen LogP contribution in [-0.4, -0.2) is 32.3 Å². The van der Waals surface area contributed by atoms with E-state index in [0.29, 0.717) is 12.5 Å². The third-order valence-electron chi connectivity index (χ3n) is 3.80. The van der Waals surface area contributed by atoms with Crippen LogP contribution in [0.1, 0.15) is 25.7 Å². The van der Waals surface area contributed by atoms with Gasteiger partial charge in [-0.15, -0.1) is 0 Å². The van der Waals surface area contributed by atoms with Crippen molar-refractivity contribution in [3.05, 3.63) is 30.3 Å². The fraction of sp³-hybridized carbons (Fsp3) is 0.462. The Kier molecular flexibility index (Phi) is 3.16. The Morgan fingerprint density at radius 1 is 1.21 bits per heavy atom. The molecule has 3 rings (SSSR count). The number of nitrogens with two attached hydrogens (primary N) is 1. The zero-order chi connectivity index (χ0) is 13.1. The van der Waals surface area contributed by atoms with Gasteiger partial charge in [0.25, 0.3) is 0 Å². The standard InChI is InChI=1S/C13H18N6/c14-10-13(8-4-5-9-13)15-12-16-17-18-19(12)11-6-2-1-3-7-11/h1-3,6-7H,4-5,8-10,14H2,(H,15,16,18). The van der Waals surface area contributed by atoms with Gasteiger partial charge in [0.15, 0.2) is 0 Å². The van der Waals surface area contributed by atoms with E-state index in [1.54, 1.807) is 4.68 Å². The van der Waals surface area contributed by atoms with Crippen LogP contribution in [0, 0.1) is 0 Å². The van der Waals surface area contributed by atoms with Crippen LogP contribution >= 0.6 is 0 Å². The summed E-state index contributed by atoms with van der Waals surface area (Å²) in [6.45, 7) is 0.606. The highest BCUT2D eigenvalue weighted by Crippen LogP contribution is 2.31. The van der Waals surface area contributed by atoms with Gasteiger partial charge in [0.2, 0.25) is 5.95 Å². The third-order valence-corrected chi connectivity index (χ3v) is 3.80. The molecule has 1 fully saturated rings. The van der Waals surface area contributed by atoms with Crippen molar-refractivity contribution >= 4 is 5.95 Å². The molecule has 1 aromatic carbocycles. The first kappa shape index (κ1) is 12.1. The maximum Gasteiger partial charge on any atom is 0.248 e. The van der Waals surface area contributed by atoms with E-state index in [2.05, 4.69) is 20.8 Å². The van der Waals surface area contributed by atoms with Crippen molar-refractivity contribution in [3.63, 3.8) is 0 Å². The number of tetrazole rings is 1. The summed E-state index contributed by atoms with van der Waals surface area (Å²) in [4.78, 5) is 0. The first-order valence-corrected chi connectivity index (χ1v) is 6.65. The number of hydrogen-bond donors (Lipinski definition) is 2. The molecule has 6 heteroatoms. The molecule has 0 aliphatic heterocycles. The first-order chi connectivity index (χ1) is 9.33. The average molecular weight is 258 g/mol. The predicted octanol–water partition coefficient (Wildman–Crippen LogP) is 1.35. The van der Waals surface area contributed by atoms with E-state index in [0.717, 1.165) is 18.5 Å². The topological polar surface area (TPSA) is 81.7 Å². The summed E-state index contributed by atoms with van der Waals surface area (Å²) in [7, 11) is 0. The van der Waals surface area contributed by atoms with Gasteiger partial charge in [-0.3, -0.25) is 0 Å². The van der Waals surface area contributed by atoms with Gasteiger partial charge in [-0.25, -0.2) is 0 Å². The SMILES string of the molecule is NCC1(Nc2nnnn2-c2ccccc2)CCCC1. The lowest BCUT2D eigenvalue weighted by Gasteiger charge is -2.28. The smallest absolute Gasteiger partial charge is 0.248 e. The van der Waals surface area contributed by atoms with E-state index >= 15 is 0 Å². The van der Waals surface area contributed by atoms with E-state index < -0.39 is 0 Å². The van der Waals surface area contributed by atoms with Gasteiger partial charge < -0.3 is 11.1 Å². The predicted molar refractivity (Wildman–Crippen MR) is 73.0 cm³/mol. The number of rotatable bonds is 4. The zero-order valence-electron chi connectivity index (χ0n) is 10.8. The van der Waals surface area contributed by atoms with Gasteiger partial charge in [0.1, 0.15) is 0 Å². The third kappa shape index (κ3) is 2.31. The van der Waals surface area contributed by atoms with Crippen molar-refractivity contribution in [1.82, 2.24) is 20.2 Å². The molecule has 100 valence electrons. The number of para-hydroxylation sites is 1. The van der Waals surface area contributed by atoms with Crippen LogP contribution in [-0.2, 0) is 0 Å². The van der Waals surface area contributed by atoms with Crippen molar-refractivity contribution in [2.24, 2.45) is 5.73 Å². The molecule has 1 saturated carbocycles. The van der Waals surface area contributed by atoms with Crippen LogP contribution in [0.4, 0.5) is 5.95 Å². The Hall–Kier alpha value is -1.95. The second-order valence-corrected chi connectivity index (χ2v) is 5.07. The number of anilines is 1. The van der Waals surface area contributed by atoms with Gasteiger partial charge in [0.05, 0.1) is 11.2 Å². The highest BCUT2D eigenvalue weighted by atomic mass is 15.6. The molecule has 0 saturated heterocycles. The maximum absolute atomic E-state index is 5.93. The van der Waals surface area contributed by atoms with Crippen molar-refractivity contribution in [2.45, 2.75) is 31.2 Å². The molecule has 0 unspecified atom stereocenters. The van der Waals surface area contributed by atoms with E-state index in [1.807, 2.05) is 30.3 Å². The second-order valence-electron chi connectivity index (χ2n) is 5.07. The van der Waals surface area contributed by atoms with E-state index in [1.165, 1.54) is 12.8 Å². The van der Waals surface area contributed by atoms with Crippen molar-refractivity contribution in [2.75, 3.05) is 11.9 Å². The van der Waals surface area contributed by atoms with Gasteiger partial charge >= 0.3 is 0 Å². The minimum absolute atomic E-state index is 0.0543. The zero-order valence-corrected chi connectivity index (χ0v) is 10.8. The van der Waals surface area contributed by atoms with Crippen molar-refractivity contribution in [3.8, 4) is 5.69 Å². The largest absolute Gasteiger partial charge is 0.346 e. The molecule has 6 nitrogen and oxygen atoms in total. The quantitative estimate of drug-likeness (QED) is 0.865. The van der Waals surface area contributed by atoms with Gasteiger partial charge in [-0.05, 0) is 35.4 Å². The molecule has 19 heavy (non-hydrogen) atoms. The summed E-state index contributed by atoms with van der Waals surface area (Å²) in [5, 5.41) is 15.3. The second kappa shape index (κ2) is 4.97. The number of aromatic nitrogens is 4. The summed E-state index contributed by atoms with van der Waals surface area (Å²) in [6, 6.07) is 9.86. The molecule has 1 aromatic heterocycles. The van der Waals surface area contributed by atoms with Crippen molar-refractivity contribution < 1.29 is 0 Å². The maximum atomic E-state index is 5.93. The molecule has 0 amide bonds. The van der Waals surface area contributed by atoms with E-state index in [4.69, 9.17) is 5.73 Å². The Bertz CT molecular complexity index is 529. The summed E-state index contributed by atoms with van der Waals surface area (Å²) in [5.74, 6) is 0.665. The highest BCUT2D eigenvalue weighted by molar-refractivity contribution is 5.40. The van der Waals surface area contributed by atoms with Crippen LogP contribution in [0.2, 0.25) is 0 Å². The molecule has 0 bridgehead atoms. The average Bonchev–Trinajstić information content (AvgIpc) is 3.10. The van der Waals surface area contributed by atoms with Gasteiger partial charge in [0, 0.05) is 6.54 Å². The molecule has 0 radical (unpaired) electrons. The number of benzene rings is 1. The lowest BCUT2D eigenvalue weighted by atomic mass is 9.98. The molecule has 2 aromatic rings. The lowest BCUT2D eigenvalue weighted by Crippen LogP contribution is -2.43. The minimum Gasteiger partial charge on any atom is -0.346 e. The van der Waals surface area contributed by atoms with Crippen molar-refractivity contribution in [1.29, 1.82) is 0 Å². The Balaban J connectivity index is 1.88. The Labute approximate surface area is 112 Å². The van der Waals surface area contributed by atoms with Crippen LogP contribution in [0.3, 0.4) is 0 Å². The molecule has 1 aliphatic carbocycles. The molecular formula is C13H18N6. The van der Waals surface area contributed by atoms with E-state index in [-0.39, 0.29) is 5.54 Å². The Morgan fingerprint density at radius 3 is 2.63 bits per heavy atom. The van der Waals surface area contributed by atoms with Gasteiger partial charge in [-0.2, -0.15) is 4.68 Å². The van der Waals surface area contributed by atoms with Crippen LogP contribution in [0.15, 0.2) is 30.3 Å². The highest BCUT2D eigenvalue weighted by Gasteiger charge is 2.33. The first-order valence-electron chi connectivity index (χ1n) is 6.65. The summed E-state index contributed by atoms with van der Waals surface area (Å²) in [6.07, 6.45) is 4.56. The molecule has 1 aliphatic rings. The molecule has 0 spiro atoms. The number of hydrogen-bond acceptors (Lipinski definition) is 5. The van der Waals surface area contributed by atoms with Crippen LogP contribution < -0.4 is 11.1 Å². The fourth-order valence-corrected chi connectivity index (χ4v) is 2.68. The Morgan fingerprint density at radius 2 is 1.95 bits per heavy atom. The summed E-state index contributed by atoms with van der Waals surface area (Å²) < 4.78 is 1.72. The minimum atomic E-state index is -0.0543.